The van der Waals surface area contributed by atoms with Gasteiger partial charge >= 0.3 is 0 Å². The summed E-state index contributed by atoms with van der Waals surface area (Å²) in [5.41, 5.74) is 7.14. The van der Waals surface area contributed by atoms with Crippen LogP contribution in [0.1, 0.15) is 18.6 Å². The Labute approximate surface area is 285 Å². The van der Waals surface area contributed by atoms with Crippen molar-refractivity contribution in [2.75, 3.05) is 60.0 Å². The number of aryl methyl sites for hydroxylation is 2. The van der Waals surface area contributed by atoms with Gasteiger partial charge in [-0.05, 0) is 43.3 Å². The first kappa shape index (κ1) is 36.2. The van der Waals surface area contributed by atoms with Gasteiger partial charge in [0.2, 0.25) is 0 Å². The largest absolute Gasteiger partial charge is 0.554 e. The maximum absolute atomic E-state index is 5.19. The van der Waals surface area contributed by atoms with Gasteiger partial charge in [0, 0.05) is 83.5 Å². The molecular formula is C35H40Ir2N4O2-4. The van der Waals surface area contributed by atoms with E-state index in [0.717, 1.165) is 54.7 Å². The molecule has 6 nitrogen and oxygen atoms in total. The van der Waals surface area contributed by atoms with E-state index in [4.69, 9.17) is 9.47 Å². The van der Waals surface area contributed by atoms with Gasteiger partial charge in [-0.25, -0.2) is 0 Å². The molecule has 6 rings (SSSR count). The molecule has 8 heteroatoms. The summed E-state index contributed by atoms with van der Waals surface area (Å²) in [6, 6.07) is 35.5. The van der Waals surface area contributed by atoms with E-state index in [0.29, 0.717) is 0 Å². The van der Waals surface area contributed by atoms with Gasteiger partial charge in [0.1, 0.15) is 5.75 Å². The van der Waals surface area contributed by atoms with Gasteiger partial charge in [-0.15, -0.1) is 29.6 Å². The normalized spacial score (nSPS) is 13.7. The molecule has 2 heterocycles. The number of methoxy groups -OCH3 is 2. The third-order valence-corrected chi connectivity index (χ3v) is 7.06. The second kappa shape index (κ2) is 17.3. The molecular weight excluding hydrogens is 893 g/mol. The number of anilines is 4. The zero-order chi connectivity index (χ0) is 27.9. The fourth-order valence-electron chi connectivity index (χ4n) is 4.65. The third kappa shape index (κ3) is 9.48. The number of hydrogen-bond acceptors (Lipinski definition) is 6. The molecule has 0 bridgehead atoms. The number of hydrogen-bond donors (Lipinski definition) is 0. The Balaban J connectivity index is 0.000000282. The van der Waals surface area contributed by atoms with Crippen LogP contribution in [-0.4, -0.2) is 40.4 Å². The van der Waals surface area contributed by atoms with Crippen LogP contribution in [0.2, 0.25) is 0 Å². The fourth-order valence-corrected chi connectivity index (χ4v) is 4.65. The first-order valence-electron chi connectivity index (χ1n) is 13.5. The van der Waals surface area contributed by atoms with Crippen LogP contribution in [0.5, 0.6) is 11.5 Å². The van der Waals surface area contributed by atoms with Crippen molar-refractivity contribution in [1.29, 1.82) is 0 Å². The topological polar surface area (TPSA) is 31.4 Å². The van der Waals surface area contributed by atoms with Crippen molar-refractivity contribution in [3.05, 3.63) is 122 Å². The molecule has 4 aromatic carbocycles. The molecule has 0 saturated carbocycles. The van der Waals surface area contributed by atoms with Crippen molar-refractivity contribution in [1.82, 2.24) is 0 Å². The third-order valence-electron chi connectivity index (χ3n) is 7.06. The van der Waals surface area contributed by atoms with Gasteiger partial charge in [-0.3, -0.25) is 0 Å². The Morgan fingerprint density at radius 1 is 0.535 bits per heavy atom. The smallest absolute Gasteiger partial charge is 0.119 e. The minimum absolute atomic E-state index is 0. The molecule has 0 unspecified atom stereocenters. The van der Waals surface area contributed by atoms with E-state index in [1.165, 1.54) is 16.8 Å². The predicted octanol–water partition coefficient (Wildman–Crippen LogP) is 7.13. The van der Waals surface area contributed by atoms with Gasteiger partial charge in [0.25, 0.3) is 0 Å². The maximum atomic E-state index is 5.19. The van der Waals surface area contributed by atoms with Crippen LogP contribution < -0.4 is 29.1 Å². The zero-order valence-electron chi connectivity index (χ0n) is 24.3. The van der Waals surface area contributed by atoms with Crippen LogP contribution in [0, 0.1) is 39.3 Å². The van der Waals surface area contributed by atoms with Crippen molar-refractivity contribution < 1.29 is 49.7 Å². The van der Waals surface area contributed by atoms with Crippen molar-refractivity contribution >= 4 is 22.7 Å². The van der Waals surface area contributed by atoms with Crippen LogP contribution in [0.25, 0.3) is 0 Å². The number of benzene rings is 4. The summed E-state index contributed by atoms with van der Waals surface area (Å²) in [6.45, 7) is 12.4. The molecule has 0 amide bonds. The molecule has 234 valence electrons. The van der Waals surface area contributed by atoms with Gasteiger partial charge < -0.3 is 29.1 Å². The summed E-state index contributed by atoms with van der Waals surface area (Å²) in [7, 11) is 3.34. The Bertz CT molecular complexity index is 1250. The summed E-state index contributed by atoms with van der Waals surface area (Å²) in [4.78, 5) is 8.94. The first-order valence-corrected chi connectivity index (χ1v) is 13.5. The summed E-state index contributed by atoms with van der Waals surface area (Å²) in [6.07, 6.45) is 0. The van der Waals surface area contributed by atoms with Crippen molar-refractivity contribution in [3.63, 3.8) is 0 Å². The standard InChI is InChI=1S/C17H18N2O2.C17H18N2.CH4.2Ir/c1-20-16-7-3-14(4-8-16)18-11-12-19(13-18)15-5-9-17(21-2)10-6-15;1-14-3-7-16(8-4-14)18-11-12-19(13-18)17-9-5-15(2)6-10-17;;;/h3-5,7-10,13H,11-12H2,1-2H3;3-9,13H,11-12H2,1-2H3;1H4;;/q2*-2;;;. The van der Waals surface area contributed by atoms with E-state index in [1.807, 2.05) is 36.4 Å². The number of ether oxygens (including phenoxy) is 2. The van der Waals surface area contributed by atoms with E-state index in [2.05, 4.69) is 107 Å². The van der Waals surface area contributed by atoms with Crippen molar-refractivity contribution in [2.45, 2.75) is 21.3 Å². The Kier molecular flexibility index (Phi) is 14.6. The van der Waals surface area contributed by atoms with E-state index in [-0.39, 0.29) is 47.6 Å². The van der Waals surface area contributed by atoms with Crippen LogP contribution >= 0.6 is 0 Å². The van der Waals surface area contributed by atoms with Crippen molar-refractivity contribution in [2.24, 2.45) is 0 Å². The Morgan fingerprint density at radius 2 is 0.953 bits per heavy atom. The van der Waals surface area contributed by atoms with Gasteiger partial charge in [0.15, 0.2) is 0 Å². The molecule has 0 atom stereocenters. The zero-order valence-corrected chi connectivity index (χ0v) is 29.1. The van der Waals surface area contributed by atoms with Crippen LogP contribution in [0.15, 0.2) is 84.9 Å². The summed E-state index contributed by atoms with van der Waals surface area (Å²) >= 11 is 0. The Hall–Kier alpha value is -3.02. The molecule has 2 fully saturated rings. The first-order chi connectivity index (χ1) is 19.5. The molecule has 0 spiro atoms. The van der Waals surface area contributed by atoms with Gasteiger partial charge in [-0.2, -0.15) is 49.2 Å². The number of nitrogens with zero attached hydrogens (tertiary/aromatic N) is 4. The van der Waals surface area contributed by atoms with Gasteiger partial charge in [0.05, 0.1) is 14.2 Å². The van der Waals surface area contributed by atoms with E-state index in [9.17, 15) is 0 Å². The predicted molar refractivity (Wildman–Crippen MR) is 171 cm³/mol. The van der Waals surface area contributed by atoms with Gasteiger partial charge in [-0.1, -0.05) is 32.0 Å². The van der Waals surface area contributed by atoms with Crippen LogP contribution in [0.4, 0.5) is 22.7 Å². The maximum Gasteiger partial charge on any atom is 0.119 e. The summed E-state index contributed by atoms with van der Waals surface area (Å²) < 4.78 is 10.3. The quantitative estimate of drug-likeness (QED) is 0.192. The average Bonchev–Trinajstić information content (AvgIpc) is 3.70. The Morgan fingerprint density at radius 3 is 1.40 bits per heavy atom. The minimum Gasteiger partial charge on any atom is -0.554 e. The second-order valence-corrected chi connectivity index (χ2v) is 9.90. The molecule has 2 aliphatic heterocycles. The van der Waals surface area contributed by atoms with Crippen molar-refractivity contribution in [3.8, 4) is 11.5 Å². The minimum atomic E-state index is 0. The van der Waals surface area contributed by atoms with E-state index >= 15 is 0 Å². The molecule has 0 aromatic heterocycles. The monoisotopic (exact) mass is 934 g/mol. The molecule has 2 radical (unpaired) electrons. The average molecular weight is 933 g/mol. The van der Waals surface area contributed by atoms with E-state index < -0.39 is 0 Å². The van der Waals surface area contributed by atoms with Crippen LogP contribution in [0.3, 0.4) is 0 Å². The summed E-state index contributed by atoms with van der Waals surface area (Å²) in [5, 5.41) is 0. The number of rotatable bonds is 6. The molecule has 2 saturated heterocycles. The van der Waals surface area contributed by atoms with Crippen LogP contribution in [-0.2, 0) is 40.2 Å². The molecule has 0 aliphatic carbocycles. The fraction of sp³-hybridized carbons (Fsp3) is 0.257. The molecule has 0 N–H and O–H groups in total. The molecule has 4 aromatic rings. The molecule has 2 aliphatic rings. The summed E-state index contributed by atoms with van der Waals surface area (Å²) in [5.74, 6) is 1.70. The van der Waals surface area contributed by atoms with E-state index in [1.54, 1.807) is 14.2 Å². The molecule has 43 heavy (non-hydrogen) atoms. The SMILES string of the molecule is C.COc1c[c-]c(N2[CH-]N(c3ccc(OC)cc3)CC2)cc1.Cc1c[c-]c(N2[CH-]N(c3ccc(C)cc3)CC2)cc1.[Ir].[Ir]. The second-order valence-electron chi connectivity index (χ2n) is 9.90.